The first kappa shape index (κ1) is 13.7. The Kier molecular flexibility index (Phi) is 5.15. The van der Waals surface area contributed by atoms with E-state index in [-0.39, 0.29) is 18.3 Å². The number of methoxy groups -OCH3 is 1. The summed E-state index contributed by atoms with van der Waals surface area (Å²) in [5.41, 5.74) is 0. The summed E-state index contributed by atoms with van der Waals surface area (Å²) in [6.45, 7) is 4.85. The van der Waals surface area contributed by atoms with Crippen molar-refractivity contribution in [1.82, 2.24) is 4.90 Å². The Morgan fingerprint density at radius 2 is 2.12 bits per heavy atom. The van der Waals surface area contributed by atoms with Gasteiger partial charge in [-0.25, -0.2) is 0 Å². The van der Waals surface area contributed by atoms with E-state index in [9.17, 15) is 9.59 Å². The van der Waals surface area contributed by atoms with Gasteiger partial charge in [-0.05, 0) is 26.0 Å². The maximum atomic E-state index is 12.1. The van der Waals surface area contributed by atoms with Crippen LogP contribution >= 0.6 is 11.3 Å². The van der Waals surface area contributed by atoms with Crippen LogP contribution in [0, 0.1) is 6.92 Å². The minimum atomic E-state index is -0.293. The largest absolute Gasteiger partial charge is 0.469 e. The summed E-state index contributed by atoms with van der Waals surface area (Å²) >= 11 is 1.47. The molecule has 17 heavy (non-hydrogen) atoms. The second-order valence-electron chi connectivity index (χ2n) is 3.62. The van der Waals surface area contributed by atoms with Crippen molar-refractivity contribution in [3.63, 3.8) is 0 Å². The van der Waals surface area contributed by atoms with Gasteiger partial charge in [0.15, 0.2) is 0 Å². The zero-order valence-electron chi connectivity index (χ0n) is 10.4. The van der Waals surface area contributed by atoms with Crippen molar-refractivity contribution < 1.29 is 14.3 Å². The Balaban J connectivity index is 2.61. The lowest BCUT2D eigenvalue weighted by Crippen LogP contribution is -2.32. The lowest BCUT2D eigenvalue weighted by atomic mass is 10.3. The van der Waals surface area contributed by atoms with E-state index in [1.54, 1.807) is 4.90 Å². The van der Waals surface area contributed by atoms with E-state index in [4.69, 9.17) is 0 Å². The fourth-order valence-electron chi connectivity index (χ4n) is 1.44. The highest BCUT2D eigenvalue weighted by atomic mass is 32.1. The number of carbonyl (C=O) groups excluding carboxylic acids is 2. The van der Waals surface area contributed by atoms with Crippen LogP contribution in [0.5, 0.6) is 0 Å². The number of hydrogen-bond donors (Lipinski definition) is 0. The van der Waals surface area contributed by atoms with Crippen molar-refractivity contribution in [1.29, 1.82) is 0 Å². The van der Waals surface area contributed by atoms with Crippen molar-refractivity contribution >= 4 is 23.2 Å². The third-order valence-corrected chi connectivity index (χ3v) is 3.42. The molecule has 0 fully saturated rings. The number of amides is 1. The van der Waals surface area contributed by atoms with Gasteiger partial charge in [-0.3, -0.25) is 9.59 Å². The summed E-state index contributed by atoms with van der Waals surface area (Å²) in [4.78, 5) is 26.6. The summed E-state index contributed by atoms with van der Waals surface area (Å²) in [7, 11) is 1.35. The summed E-state index contributed by atoms with van der Waals surface area (Å²) in [5, 5.41) is 0. The fourth-order valence-corrected chi connectivity index (χ4v) is 2.27. The summed E-state index contributed by atoms with van der Waals surface area (Å²) in [5.74, 6) is -0.312. The van der Waals surface area contributed by atoms with Crippen molar-refractivity contribution in [2.45, 2.75) is 20.3 Å². The molecule has 0 unspecified atom stereocenters. The predicted octanol–water partition coefficient (Wildman–Crippen LogP) is 2.08. The number of thiophene rings is 1. The van der Waals surface area contributed by atoms with Gasteiger partial charge in [0, 0.05) is 18.0 Å². The maximum absolute atomic E-state index is 12.1. The van der Waals surface area contributed by atoms with E-state index in [0.717, 1.165) is 4.88 Å². The van der Waals surface area contributed by atoms with Gasteiger partial charge in [0.2, 0.25) is 0 Å². The first-order valence-corrected chi connectivity index (χ1v) is 6.32. The molecule has 1 aromatic rings. The van der Waals surface area contributed by atoms with Crippen LogP contribution in [0.3, 0.4) is 0 Å². The molecule has 1 heterocycles. The molecule has 1 amide bonds. The second kappa shape index (κ2) is 6.39. The Labute approximate surface area is 105 Å². The molecule has 1 rings (SSSR count). The molecule has 0 atom stereocenters. The van der Waals surface area contributed by atoms with Gasteiger partial charge in [0.05, 0.1) is 18.4 Å². The maximum Gasteiger partial charge on any atom is 0.307 e. The third kappa shape index (κ3) is 3.85. The molecule has 0 bridgehead atoms. The number of carbonyl (C=O) groups is 2. The number of hydrogen-bond acceptors (Lipinski definition) is 4. The molecule has 5 heteroatoms. The number of ether oxygens (including phenoxy) is 1. The number of nitrogens with zero attached hydrogens (tertiary/aromatic N) is 1. The van der Waals surface area contributed by atoms with Crippen molar-refractivity contribution in [3.8, 4) is 0 Å². The standard InChI is InChI=1S/C12H17NO3S/c1-4-13(8-7-11(14)16-3)12(15)10-6-5-9(2)17-10/h5-6H,4,7-8H2,1-3H3. The molecule has 0 aliphatic carbocycles. The Hall–Kier alpha value is -1.36. The lowest BCUT2D eigenvalue weighted by molar-refractivity contribution is -0.140. The number of aryl methyl sites for hydroxylation is 1. The van der Waals surface area contributed by atoms with Gasteiger partial charge < -0.3 is 9.64 Å². The molecule has 0 spiro atoms. The van der Waals surface area contributed by atoms with Crippen LogP contribution in [0.1, 0.15) is 27.9 Å². The topological polar surface area (TPSA) is 46.6 Å². The van der Waals surface area contributed by atoms with Crippen LogP contribution in [-0.4, -0.2) is 37.0 Å². The third-order valence-electron chi connectivity index (χ3n) is 2.43. The van der Waals surface area contributed by atoms with Crippen LogP contribution in [0.2, 0.25) is 0 Å². The minimum absolute atomic E-state index is 0.0190. The van der Waals surface area contributed by atoms with Gasteiger partial charge in [-0.2, -0.15) is 0 Å². The highest BCUT2D eigenvalue weighted by Gasteiger charge is 2.16. The molecule has 94 valence electrons. The van der Waals surface area contributed by atoms with Gasteiger partial charge in [-0.15, -0.1) is 11.3 Å². The van der Waals surface area contributed by atoms with E-state index in [0.29, 0.717) is 18.0 Å². The number of rotatable bonds is 5. The van der Waals surface area contributed by atoms with Crippen LogP contribution in [-0.2, 0) is 9.53 Å². The Morgan fingerprint density at radius 3 is 2.59 bits per heavy atom. The zero-order valence-corrected chi connectivity index (χ0v) is 11.2. The van der Waals surface area contributed by atoms with E-state index >= 15 is 0 Å². The first-order chi connectivity index (χ1) is 8.08. The first-order valence-electron chi connectivity index (χ1n) is 5.51. The molecule has 0 N–H and O–H groups in total. The van der Waals surface area contributed by atoms with Crippen molar-refractivity contribution in [2.75, 3.05) is 20.2 Å². The molecule has 1 aromatic heterocycles. The smallest absolute Gasteiger partial charge is 0.307 e. The second-order valence-corrected chi connectivity index (χ2v) is 4.91. The summed E-state index contributed by atoms with van der Waals surface area (Å²) < 4.78 is 4.56. The Bertz CT molecular complexity index is 400. The van der Waals surface area contributed by atoms with Gasteiger partial charge in [0.25, 0.3) is 5.91 Å². The van der Waals surface area contributed by atoms with Crippen molar-refractivity contribution in [2.24, 2.45) is 0 Å². The van der Waals surface area contributed by atoms with Crippen LogP contribution in [0.15, 0.2) is 12.1 Å². The molecule has 0 saturated carbocycles. The van der Waals surface area contributed by atoms with Crippen LogP contribution < -0.4 is 0 Å². The van der Waals surface area contributed by atoms with Gasteiger partial charge in [0.1, 0.15) is 0 Å². The van der Waals surface area contributed by atoms with Gasteiger partial charge >= 0.3 is 5.97 Å². The normalized spacial score (nSPS) is 10.1. The van der Waals surface area contributed by atoms with Crippen LogP contribution in [0.25, 0.3) is 0 Å². The average molecular weight is 255 g/mol. The fraction of sp³-hybridized carbons (Fsp3) is 0.500. The highest BCUT2D eigenvalue weighted by molar-refractivity contribution is 7.13. The molecular formula is C12H17NO3S. The quantitative estimate of drug-likeness (QED) is 0.757. The average Bonchev–Trinajstić information content (AvgIpc) is 2.76. The van der Waals surface area contributed by atoms with E-state index in [2.05, 4.69) is 4.74 Å². The monoisotopic (exact) mass is 255 g/mol. The highest BCUT2D eigenvalue weighted by Crippen LogP contribution is 2.17. The summed E-state index contributed by atoms with van der Waals surface area (Å²) in [6.07, 6.45) is 0.237. The van der Waals surface area contributed by atoms with Gasteiger partial charge in [-0.1, -0.05) is 0 Å². The molecule has 0 saturated heterocycles. The summed E-state index contributed by atoms with van der Waals surface area (Å²) in [6, 6.07) is 3.75. The van der Waals surface area contributed by atoms with E-state index in [1.807, 2.05) is 26.0 Å². The number of esters is 1. The molecule has 0 aromatic carbocycles. The minimum Gasteiger partial charge on any atom is -0.469 e. The molecule has 4 nitrogen and oxygen atoms in total. The SMILES string of the molecule is CCN(CCC(=O)OC)C(=O)c1ccc(C)s1. The molecule has 0 aliphatic heterocycles. The Morgan fingerprint density at radius 1 is 1.41 bits per heavy atom. The zero-order chi connectivity index (χ0) is 12.8. The molecule has 0 radical (unpaired) electrons. The van der Waals surface area contributed by atoms with E-state index < -0.39 is 0 Å². The predicted molar refractivity (Wildman–Crippen MR) is 67.3 cm³/mol. The van der Waals surface area contributed by atoms with Crippen LogP contribution in [0.4, 0.5) is 0 Å². The molecular weight excluding hydrogens is 238 g/mol. The lowest BCUT2D eigenvalue weighted by Gasteiger charge is -2.19. The molecule has 0 aliphatic rings. The van der Waals surface area contributed by atoms with Crippen molar-refractivity contribution in [3.05, 3.63) is 21.9 Å². The van der Waals surface area contributed by atoms with E-state index in [1.165, 1.54) is 18.4 Å².